The van der Waals surface area contributed by atoms with Crippen LogP contribution in [0.4, 0.5) is 0 Å². The molecule has 0 saturated heterocycles. The summed E-state index contributed by atoms with van der Waals surface area (Å²) >= 11 is 1.44. The van der Waals surface area contributed by atoms with Crippen LogP contribution in [0, 0.1) is 0 Å². The van der Waals surface area contributed by atoms with Crippen molar-refractivity contribution in [1.82, 2.24) is 0 Å². The molecule has 4 heteroatoms. The van der Waals surface area contributed by atoms with Gasteiger partial charge in [-0.3, -0.25) is 0 Å². The van der Waals surface area contributed by atoms with Crippen LogP contribution in [0.2, 0.25) is 0 Å². The molecule has 16 heavy (non-hydrogen) atoms. The van der Waals surface area contributed by atoms with Crippen LogP contribution < -0.4 is 5.73 Å². The highest BCUT2D eigenvalue weighted by Crippen LogP contribution is 2.31. The van der Waals surface area contributed by atoms with Crippen LogP contribution in [0.3, 0.4) is 0 Å². The van der Waals surface area contributed by atoms with E-state index in [9.17, 15) is 4.79 Å². The summed E-state index contributed by atoms with van der Waals surface area (Å²) in [5.74, 6) is -0.274. The van der Waals surface area contributed by atoms with Crippen molar-refractivity contribution in [2.75, 3.05) is 6.61 Å². The van der Waals surface area contributed by atoms with Gasteiger partial charge in [0.2, 0.25) is 0 Å². The molecule has 1 heterocycles. The standard InChI is InChI=1S/C12H13NO2S/c1-2-15-12(14)11-9(7-13)8-5-3-4-6-10(8)16-11/h3-6H,2,7,13H2,1H3. The SMILES string of the molecule is CCOC(=O)c1sc2ccccc2c1CN. The Morgan fingerprint density at radius 3 is 2.88 bits per heavy atom. The van der Waals surface area contributed by atoms with Gasteiger partial charge in [0.25, 0.3) is 0 Å². The average Bonchev–Trinajstić information content (AvgIpc) is 2.67. The van der Waals surface area contributed by atoms with Crippen molar-refractivity contribution in [3.8, 4) is 0 Å². The number of ether oxygens (including phenoxy) is 1. The van der Waals surface area contributed by atoms with Gasteiger partial charge in [0.05, 0.1) is 6.61 Å². The predicted octanol–water partition coefficient (Wildman–Crippen LogP) is 2.54. The fourth-order valence-corrected chi connectivity index (χ4v) is 2.79. The molecule has 2 aromatic rings. The molecule has 0 aliphatic carbocycles. The van der Waals surface area contributed by atoms with Crippen molar-refractivity contribution in [2.24, 2.45) is 5.73 Å². The first-order valence-corrected chi connectivity index (χ1v) is 5.97. The van der Waals surface area contributed by atoms with Gasteiger partial charge in [0.15, 0.2) is 0 Å². The van der Waals surface area contributed by atoms with E-state index >= 15 is 0 Å². The van der Waals surface area contributed by atoms with Gasteiger partial charge >= 0.3 is 5.97 Å². The zero-order valence-corrected chi connectivity index (χ0v) is 9.84. The maximum atomic E-state index is 11.7. The number of rotatable bonds is 3. The molecule has 0 spiro atoms. The van der Waals surface area contributed by atoms with Crippen molar-refractivity contribution < 1.29 is 9.53 Å². The zero-order valence-electron chi connectivity index (χ0n) is 9.03. The van der Waals surface area contributed by atoms with Crippen LogP contribution in [0.25, 0.3) is 10.1 Å². The van der Waals surface area contributed by atoms with E-state index in [0.717, 1.165) is 15.6 Å². The largest absolute Gasteiger partial charge is 0.462 e. The number of carbonyl (C=O) groups is 1. The summed E-state index contributed by atoms with van der Waals surface area (Å²) in [4.78, 5) is 12.4. The van der Waals surface area contributed by atoms with E-state index in [0.29, 0.717) is 18.0 Å². The van der Waals surface area contributed by atoms with E-state index in [1.807, 2.05) is 24.3 Å². The molecule has 0 aliphatic rings. The third kappa shape index (κ3) is 1.81. The van der Waals surface area contributed by atoms with Gasteiger partial charge in [0.1, 0.15) is 4.88 Å². The van der Waals surface area contributed by atoms with Gasteiger partial charge in [-0.15, -0.1) is 11.3 Å². The Bertz CT molecular complexity index is 519. The van der Waals surface area contributed by atoms with E-state index in [2.05, 4.69) is 0 Å². The van der Waals surface area contributed by atoms with Crippen LogP contribution in [-0.4, -0.2) is 12.6 Å². The number of thiophene rings is 1. The van der Waals surface area contributed by atoms with Crippen LogP contribution >= 0.6 is 11.3 Å². The van der Waals surface area contributed by atoms with Crippen LogP contribution in [0.5, 0.6) is 0 Å². The van der Waals surface area contributed by atoms with E-state index in [-0.39, 0.29) is 5.97 Å². The molecule has 3 nitrogen and oxygen atoms in total. The van der Waals surface area contributed by atoms with Gasteiger partial charge in [-0.25, -0.2) is 4.79 Å². The Morgan fingerprint density at radius 1 is 1.44 bits per heavy atom. The average molecular weight is 235 g/mol. The molecule has 0 amide bonds. The molecule has 1 aromatic heterocycles. The third-order valence-corrected chi connectivity index (χ3v) is 3.56. The van der Waals surface area contributed by atoms with Crippen molar-refractivity contribution in [3.63, 3.8) is 0 Å². The molecular weight excluding hydrogens is 222 g/mol. The molecule has 0 aliphatic heterocycles. The normalized spacial score (nSPS) is 10.6. The number of esters is 1. The molecule has 0 atom stereocenters. The van der Waals surface area contributed by atoms with E-state index < -0.39 is 0 Å². The fraction of sp³-hybridized carbons (Fsp3) is 0.250. The molecule has 0 radical (unpaired) electrons. The highest BCUT2D eigenvalue weighted by Gasteiger charge is 2.17. The Hall–Kier alpha value is -1.39. The minimum atomic E-state index is -0.274. The Kier molecular flexibility index (Phi) is 3.22. The number of hydrogen-bond donors (Lipinski definition) is 1. The number of fused-ring (bicyclic) bond motifs is 1. The number of carbonyl (C=O) groups excluding carboxylic acids is 1. The maximum absolute atomic E-state index is 11.7. The molecule has 0 saturated carbocycles. The van der Waals surface area contributed by atoms with Gasteiger partial charge in [-0.1, -0.05) is 18.2 Å². The van der Waals surface area contributed by atoms with E-state index in [1.54, 1.807) is 6.92 Å². The lowest BCUT2D eigenvalue weighted by Crippen LogP contribution is -2.07. The third-order valence-electron chi connectivity index (χ3n) is 2.36. The highest BCUT2D eigenvalue weighted by molar-refractivity contribution is 7.21. The topological polar surface area (TPSA) is 52.3 Å². The minimum Gasteiger partial charge on any atom is -0.462 e. The fourth-order valence-electron chi connectivity index (χ4n) is 1.66. The second-order valence-corrected chi connectivity index (χ2v) is 4.38. The van der Waals surface area contributed by atoms with Gasteiger partial charge in [-0.2, -0.15) is 0 Å². The van der Waals surface area contributed by atoms with Gasteiger partial charge < -0.3 is 10.5 Å². The molecule has 1 aromatic carbocycles. The summed E-state index contributed by atoms with van der Waals surface area (Å²) in [5.41, 5.74) is 6.58. The van der Waals surface area contributed by atoms with Crippen molar-refractivity contribution in [2.45, 2.75) is 13.5 Å². The molecule has 0 fully saturated rings. The lowest BCUT2D eigenvalue weighted by Gasteiger charge is -2.01. The smallest absolute Gasteiger partial charge is 0.348 e. The monoisotopic (exact) mass is 235 g/mol. The second-order valence-electron chi connectivity index (χ2n) is 3.33. The molecule has 0 unspecified atom stereocenters. The molecule has 2 rings (SSSR count). The quantitative estimate of drug-likeness (QED) is 0.832. The van der Waals surface area contributed by atoms with Crippen molar-refractivity contribution in [1.29, 1.82) is 0 Å². The summed E-state index contributed by atoms with van der Waals surface area (Å²) in [6.07, 6.45) is 0. The summed E-state index contributed by atoms with van der Waals surface area (Å²) < 4.78 is 6.09. The van der Waals surface area contributed by atoms with Gasteiger partial charge in [-0.05, 0) is 23.9 Å². The Balaban J connectivity index is 2.56. The second kappa shape index (κ2) is 4.63. The summed E-state index contributed by atoms with van der Waals surface area (Å²) in [6, 6.07) is 7.87. The first-order chi connectivity index (χ1) is 7.77. The van der Waals surface area contributed by atoms with E-state index in [1.165, 1.54) is 11.3 Å². The summed E-state index contributed by atoms with van der Waals surface area (Å²) in [6.45, 7) is 2.54. The zero-order chi connectivity index (χ0) is 11.5. The van der Waals surface area contributed by atoms with Crippen LogP contribution in [-0.2, 0) is 11.3 Å². The number of hydrogen-bond acceptors (Lipinski definition) is 4. The summed E-state index contributed by atoms with van der Waals surface area (Å²) in [7, 11) is 0. The number of benzene rings is 1. The molecular formula is C12H13NO2S. The minimum absolute atomic E-state index is 0.274. The van der Waals surface area contributed by atoms with Crippen molar-refractivity contribution >= 4 is 27.4 Å². The van der Waals surface area contributed by atoms with Crippen molar-refractivity contribution in [3.05, 3.63) is 34.7 Å². The predicted molar refractivity (Wildman–Crippen MR) is 65.7 cm³/mol. The lowest BCUT2D eigenvalue weighted by molar-refractivity contribution is 0.0531. The van der Waals surface area contributed by atoms with Crippen LogP contribution in [0.15, 0.2) is 24.3 Å². The van der Waals surface area contributed by atoms with Crippen LogP contribution in [0.1, 0.15) is 22.2 Å². The van der Waals surface area contributed by atoms with Gasteiger partial charge in [0, 0.05) is 11.2 Å². The molecule has 84 valence electrons. The van der Waals surface area contributed by atoms with E-state index in [4.69, 9.17) is 10.5 Å². The maximum Gasteiger partial charge on any atom is 0.348 e. The summed E-state index contributed by atoms with van der Waals surface area (Å²) in [5, 5.41) is 1.05. The first kappa shape index (κ1) is 11.1. The molecule has 2 N–H and O–H groups in total. The number of nitrogens with two attached hydrogens (primary N) is 1. The highest BCUT2D eigenvalue weighted by atomic mass is 32.1. The molecule has 0 bridgehead atoms. The Morgan fingerprint density at radius 2 is 2.19 bits per heavy atom. The Labute approximate surface area is 97.8 Å². The lowest BCUT2D eigenvalue weighted by atomic mass is 10.1. The first-order valence-electron chi connectivity index (χ1n) is 5.15.